The van der Waals surface area contributed by atoms with E-state index in [-0.39, 0.29) is 19.2 Å². The van der Waals surface area contributed by atoms with Crippen molar-refractivity contribution in [2.24, 2.45) is 0 Å². The average Bonchev–Trinajstić information content (AvgIpc) is 3.01. The molecule has 0 heterocycles. The zero-order chi connectivity index (χ0) is 31.3. The largest absolute Gasteiger partial charge is 0.457 e. The monoisotopic (exact) mass is 603 g/mol. The molecule has 0 aromatic rings. The van der Waals surface area contributed by atoms with Crippen LogP contribution in [0.25, 0.3) is 0 Å². The van der Waals surface area contributed by atoms with Crippen molar-refractivity contribution in [2.45, 2.75) is 174 Å². The fourth-order valence-corrected chi connectivity index (χ4v) is 4.86. The van der Waals surface area contributed by atoms with E-state index in [0.717, 1.165) is 44.9 Å². The molecular weight excluding hydrogens is 532 g/mol. The summed E-state index contributed by atoms with van der Waals surface area (Å²) < 4.78 is 11.1. The van der Waals surface area contributed by atoms with Crippen LogP contribution in [0.4, 0.5) is 0 Å². The van der Waals surface area contributed by atoms with E-state index in [1.807, 2.05) is 0 Å². The minimum absolute atomic E-state index is 0.181. The first-order valence-electron chi connectivity index (χ1n) is 18.2. The van der Waals surface area contributed by atoms with Crippen LogP contribution in [-0.2, 0) is 14.3 Å². The van der Waals surface area contributed by atoms with E-state index in [9.17, 15) is 9.90 Å². The number of esters is 1. The number of carbonyl (C=O) groups is 1. The van der Waals surface area contributed by atoms with Gasteiger partial charge in [-0.25, -0.2) is 0 Å². The Morgan fingerprint density at radius 2 is 1.02 bits per heavy atom. The lowest BCUT2D eigenvalue weighted by Crippen LogP contribution is -2.27. The van der Waals surface area contributed by atoms with E-state index >= 15 is 0 Å². The van der Waals surface area contributed by atoms with Gasteiger partial charge < -0.3 is 14.6 Å². The van der Waals surface area contributed by atoms with E-state index in [0.29, 0.717) is 13.0 Å². The van der Waals surface area contributed by atoms with Crippen molar-refractivity contribution in [3.05, 3.63) is 48.6 Å². The minimum Gasteiger partial charge on any atom is -0.457 e. The molecule has 1 N–H and O–H groups in total. The number of allylic oxidation sites excluding steroid dienone is 8. The van der Waals surface area contributed by atoms with Crippen LogP contribution in [0.2, 0.25) is 0 Å². The normalized spacial score (nSPS) is 12.9. The van der Waals surface area contributed by atoms with Gasteiger partial charge in [-0.2, -0.15) is 0 Å². The van der Waals surface area contributed by atoms with Gasteiger partial charge in [0.1, 0.15) is 6.10 Å². The lowest BCUT2D eigenvalue weighted by Gasteiger charge is -2.15. The number of unbranched alkanes of at least 4 members (excludes halogenated alkanes) is 17. The van der Waals surface area contributed by atoms with Gasteiger partial charge in [0.25, 0.3) is 0 Å². The molecule has 4 heteroatoms. The molecule has 1 unspecified atom stereocenters. The Balaban J connectivity index is 3.48. The third-order valence-electron chi connectivity index (χ3n) is 7.61. The molecule has 1 atom stereocenters. The Hall–Kier alpha value is -1.65. The maximum absolute atomic E-state index is 12.1. The van der Waals surface area contributed by atoms with Gasteiger partial charge in [0, 0.05) is 13.0 Å². The van der Waals surface area contributed by atoms with E-state index in [1.165, 1.54) is 103 Å². The molecule has 0 saturated heterocycles. The highest BCUT2D eigenvalue weighted by molar-refractivity contribution is 5.69. The number of aliphatic hydroxyl groups excluding tert-OH is 1. The predicted molar refractivity (Wildman–Crippen MR) is 187 cm³/mol. The van der Waals surface area contributed by atoms with Gasteiger partial charge in [0.2, 0.25) is 0 Å². The molecule has 4 nitrogen and oxygen atoms in total. The summed E-state index contributed by atoms with van der Waals surface area (Å²) in [5.41, 5.74) is 0. The van der Waals surface area contributed by atoms with Crippen LogP contribution in [0.1, 0.15) is 168 Å². The first kappa shape index (κ1) is 41.4. The Labute approximate surface area is 267 Å². The molecule has 0 rings (SSSR count). The van der Waals surface area contributed by atoms with Crippen molar-refractivity contribution in [3.63, 3.8) is 0 Å². The molecule has 0 amide bonds. The molecule has 0 bridgehead atoms. The standard InChI is InChI=1S/C39H70O4/c1-3-5-7-9-11-13-15-17-18-19-20-21-23-25-27-29-31-33-35-42-37-38(36-40)43-39(41)34-32-30-28-26-24-22-16-14-12-10-8-6-4-2/h8,10-11,13-14,16-18,38,40H,3-7,9,12,15,19-37H2,1-2H3/b10-8-,13-11-,16-14-,18-17-. The Morgan fingerprint density at radius 1 is 0.558 bits per heavy atom. The topological polar surface area (TPSA) is 55.8 Å². The van der Waals surface area contributed by atoms with Gasteiger partial charge in [-0.1, -0.05) is 140 Å². The van der Waals surface area contributed by atoms with Crippen LogP contribution >= 0.6 is 0 Å². The molecule has 0 aliphatic heterocycles. The quantitative estimate of drug-likeness (QED) is 0.0461. The molecular formula is C39H70O4. The third kappa shape index (κ3) is 34.7. The van der Waals surface area contributed by atoms with Gasteiger partial charge in [-0.05, 0) is 70.6 Å². The van der Waals surface area contributed by atoms with Crippen molar-refractivity contribution < 1.29 is 19.4 Å². The van der Waals surface area contributed by atoms with Crippen LogP contribution in [0.5, 0.6) is 0 Å². The first-order valence-corrected chi connectivity index (χ1v) is 18.2. The maximum Gasteiger partial charge on any atom is 0.306 e. The van der Waals surface area contributed by atoms with Gasteiger partial charge in [-0.15, -0.1) is 0 Å². The van der Waals surface area contributed by atoms with Crippen LogP contribution < -0.4 is 0 Å². The number of carbonyl (C=O) groups excluding carboxylic acids is 1. The van der Waals surface area contributed by atoms with Crippen LogP contribution in [-0.4, -0.2) is 37.0 Å². The summed E-state index contributed by atoms with van der Waals surface area (Å²) in [6, 6.07) is 0. The molecule has 0 fully saturated rings. The van der Waals surface area contributed by atoms with Crippen LogP contribution in [0.15, 0.2) is 48.6 Å². The second-order valence-electron chi connectivity index (χ2n) is 11.9. The van der Waals surface area contributed by atoms with Crippen LogP contribution in [0.3, 0.4) is 0 Å². The minimum atomic E-state index is -0.544. The van der Waals surface area contributed by atoms with E-state index in [2.05, 4.69) is 62.5 Å². The Morgan fingerprint density at radius 3 is 1.53 bits per heavy atom. The van der Waals surface area contributed by atoms with E-state index in [4.69, 9.17) is 9.47 Å². The molecule has 0 aromatic carbocycles. The zero-order valence-corrected chi connectivity index (χ0v) is 28.5. The lowest BCUT2D eigenvalue weighted by molar-refractivity contribution is -0.154. The second kappa shape index (κ2) is 36.5. The fourth-order valence-electron chi connectivity index (χ4n) is 4.86. The summed E-state index contributed by atoms with van der Waals surface area (Å²) in [5, 5.41) is 9.55. The molecule has 250 valence electrons. The highest BCUT2D eigenvalue weighted by Gasteiger charge is 2.13. The molecule has 0 radical (unpaired) electrons. The summed E-state index contributed by atoms with van der Waals surface area (Å²) in [6.07, 6.45) is 45.7. The summed E-state index contributed by atoms with van der Waals surface area (Å²) in [4.78, 5) is 12.1. The van der Waals surface area contributed by atoms with E-state index in [1.54, 1.807) is 0 Å². The van der Waals surface area contributed by atoms with Gasteiger partial charge >= 0.3 is 5.97 Å². The molecule has 43 heavy (non-hydrogen) atoms. The highest BCUT2D eigenvalue weighted by atomic mass is 16.6. The SMILES string of the molecule is CCC/C=C\C/C=C\CCCCCCCC(=O)OC(CO)COCCCCCCCCCC/C=C\C/C=C\CCCCC. The number of hydrogen-bond acceptors (Lipinski definition) is 4. The van der Waals surface area contributed by atoms with Crippen molar-refractivity contribution in [3.8, 4) is 0 Å². The summed E-state index contributed by atoms with van der Waals surface area (Å²) >= 11 is 0. The van der Waals surface area contributed by atoms with Gasteiger partial charge in [0.05, 0.1) is 13.2 Å². The van der Waals surface area contributed by atoms with Crippen molar-refractivity contribution in [1.82, 2.24) is 0 Å². The predicted octanol–water partition coefficient (Wildman–Crippen LogP) is 11.5. The number of hydrogen-bond donors (Lipinski definition) is 1. The smallest absolute Gasteiger partial charge is 0.306 e. The maximum atomic E-state index is 12.1. The first-order chi connectivity index (χ1) is 21.2. The fraction of sp³-hybridized carbons (Fsp3) is 0.769. The van der Waals surface area contributed by atoms with Crippen molar-refractivity contribution in [2.75, 3.05) is 19.8 Å². The highest BCUT2D eigenvalue weighted by Crippen LogP contribution is 2.12. The number of aliphatic hydroxyl groups is 1. The lowest BCUT2D eigenvalue weighted by atomic mass is 10.1. The number of ether oxygens (including phenoxy) is 2. The molecule has 0 saturated carbocycles. The second-order valence-corrected chi connectivity index (χ2v) is 11.9. The van der Waals surface area contributed by atoms with Crippen LogP contribution in [0, 0.1) is 0 Å². The van der Waals surface area contributed by atoms with Crippen molar-refractivity contribution in [1.29, 1.82) is 0 Å². The molecule has 0 aromatic heterocycles. The zero-order valence-electron chi connectivity index (χ0n) is 28.5. The molecule has 0 aliphatic carbocycles. The summed E-state index contributed by atoms with van der Waals surface area (Å²) in [6.45, 7) is 5.22. The third-order valence-corrected chi connectivity index (χ3v) is 7.61. The van der Waals surface area contributed by atoms with E-state index < -0.39 is 6.10 Å². The molecule has 0 spiro atoms. The average molecular weight is 603 g/mol. The summed E-state index contributed by atoms with van der Waals surface area (Å²) in [5.74, 6) is -0.219. The summed E-state index contributed by atoms with van der Waals surface area (Å²) in [7, 11) is 0. The Kier molecular flexibility index (Phi) is 35.1. The van der Waals surface area contributed by atoms with Gasteiger partial charge in [-0.3, -0.25) is 4.79 Å². The van der Waals surface area contributed by atoms with Crippen molar-refractivity contribution >= 4 is 5.97 Å². The molecule has 0 aliphatic rings. The number of rotatable bonds is 33. The van der Waals surface area contributed by atoms with Gasteiger partial charge in [0.15, 0.2) is 0 Å². The Bertz CT molecular complexity index is 679.